The summed E-state index contributed by atoms with van der Waals surface area (Å²) in [6.07, 6.45) is -4.50. The Kier molecular flexibility index (Phi) is 6.33. The maximum Gasteiger partial charge on any atom is 0.416 e. The van der Waals surface area contributed by atoms with Gasteiger partial charge in [-0.05, 0) is 38.1 Å². The second-order valence-electron chi connectivity index (χ2n) is 5.27. The number of carboxylic acid groups (broad SMARTS) is 1. The Labute approximate surface area is 136 Å². The van der Waals surface area contributed by atoms with Gasteiger partial charge < -0.3 is 15.3 Å². The summed E-state index contributed by atoms with van der Waals surface area (Å²) in [6.45, 7) is 2.29. The number of rotatable bonds is 6. The van der Waals surface area contributed by atoms with Crippen LogP contribution in [0.5, 0.6) is 0 Å². The number of alkyl halides is 3. The fraction of sp³-hybridized carbons (Fsp3) is 0.400. The first-order chi connectivity index (χ1) is 11.0. The van der Waals surface area contributed by atoms with Crippen molar-refractivity contribution in [2.75, 3.05) is 13.1 Å². The molecule has 0 heterocycles. The number of amides is 2. The smallest absolute Gasteiger partial charge is 0.416 e. The number of halogens is 3. The van der Waals surface area contributed by atoms with E-state index in [9.17, 15) is 27.6 Å². The average molecular weight is 346 g/mol. The number of carbonyl (C=O) groups excluding carboxylic acids is 2. The normalized spacial score (nSPS) is 11.2. The zero-order valence-electron chi connectivity index (χ0n) is 13.1. The Morgan fingerprint density at radius 1 is 1.17 bits per heavy atom. The van der Waals surface area contributed by atoms with E-state index < -0.39 is 42.6 Å². The van der Waals surface area contributed by atoms with Crippen LogP contribution >= 0.6 is 0 Å². The summed E-state index contributed by atoms with van der Waals surface area (Å²) >= 11 is 0. The largest absolute Gasteiger partial charge is 0.480 e. The highest BCUT2D eigenvalue weighted by molar-refractivity contribution is 5.96. The van der Waals surface area contributed by atoms with Crippen LogP contribution in [0.15, 0.2) is 24.3 Å². The van der Waals surface area contributed by atoms with Gasteiger partial charge in [-0.2, -0.15) is 13.2 Å². The molecule has 0 radical (unpaired) electrons. The van der Waals surface area contributed by atoms with Gasteiger partial charge in [0.2, 0.25) is 5.91 Å². The van der Waals surface area contributed by atoms with E-state index >= 15 is 0 Å². The molecule has 1 aromatic rings. The predicted octanol–water partition coefficient (Wildman–Crippen LogP) is 1.76. The third-order valence-electron chi connectivity index (χ3n) is 3.12. The van der Waals surface area contributed by atoms with Gasteiger partial charge >= 0.3 is 12.1 Å². The third kappa shape index (κ3) is 5.56. The summed E-state index contributed by atoms with van der Waals surface area (Å²) in [5, 5.41) is 11.0. The second-order valence-corrected chi connectivity index (χ2v) is 5.27. The van der Waals surface area contributed by atoms with Gasteiger partial charge in [0.25, 0.3) is 5.91 Å². The minimum atomic E-state index is -4.50. The van der Waals surface area contributed by atoms with Crippen LogP contribution in [0.2, 0.25) is 0 Å². The maximum atomic E-state index is 12.4. The molecular formula is C15H17F3N2O4. The van der Waals surface area contributed by atoms with Crippen LogP contribution in [0.1, 0.15) is 29.8 Å². The van der Waals surface area contributed by atoms with Crippen molar-refractivity contribution in [3.05, 3.63) is 35.4 Å². The number of nitrogens with one attached hydrogen (secondary N) is 1. The average Bonchev–Trinajstić information content (AvgIpc) is 2.48. The van der Waals surface area contributed by atoms with E-state index in [0.717, 1.165) is 29.2 Å². The monoisotopic (exact) mass is 346 g/mol. The molecule has 1 aromatic carbocycles. The first-order valence-electron chi connectivity index (χ1n) is 6.99. The standard InChI is InChI=1S/C15H17F3N2O4/c1-9(2)20(8-13(22)23)12(21)7-19-14(24)10-3-5-11(6-4-10)15(16,17)18/h3-6,9H,7-8H2,1-2H3,(H,19,24)(H,22,23). The van der Waals surface area contributed by atoms with Gasteiger partial charge in [0.15, 0.2) is 0 Å². The molecule has 2 N–H and O–H groups in total. The molecule has 0 aliphatic rings. The highest BCUT2D eigenvalue weighted by atomic mass is 19.4. The van der Waals surface area contributed by atoms with E-state index in [1.54, 1.807) is 13.8 Å². The zero-order chi connectivity index (χ0) is 18.5. The minimum absolute atomic E-state index is 0.0369. The maximum absolute atomic E-state index is 12.4. The van der Waals surface area contributed by atoms with Crippen molar-refractivity contribution < 1.29 is 32.7 Å². The SMILES string of the molecule is CC(C)N(CC(=O)O)C(=O)CNC(=O)c1ccc(C(F)(F)F)cc1. The first kappa shape index (κ1) is 19.5. The van der Waals surface area contributed by atoms with Crippen molar-refractivity contribution in [1.82, 2.24) is 10.2 Å². The number of nitrogens with zero attached hydrogens (tertiary/aromatic N) is 1. The van der Waals surface area contributed by atoms with E-state index in [1.807, 2.05) is 0 Å². The summed E-state index contributed by atoms with van der Waals surface area (Å²) < 4.78 is 37.3. The van der Waals surface area contributed by atoms with E-state index in [-0.39, 0.29) is 11.6 Å². The van der Waals surface area contributed by atoms with Crippen LogP contribution in [0.4, 0.5) is 13.2 Å². The summed E-state index contributed by atoms with van der Waals surface area (Å²) in [7, 11) is 0. The lowest BCUT2D eigenvalue weighted by Crippen LogP contribution is -2.45. The van der Waals surface area contributed by atoms with E-state index in [4.69, 9.17) is 5.11 Å². The molecule has 0 bridgehead atoms. The molecular weight excluding hydrogens is 329 g/mol. The highest BCUT2D eigenvalue weighted by Crippen LogP contribution is 2.29. The number of hydrogen-bond donors (Lipinski definition) is 2. The first-order valence-corrected chi connectivity index (χ1v) is 6.99. The third-order valence-corrected chi connectivity index (χ3v) is 3.12. The van der Waals surface area contributed by atoms with Crippen molar-refractivity contribution in [3.8, 4) is 0 Å². The molecule has 0 saturated heterocycles. The lowest BCUT2D eigenvalue weighted by atomic mass is 10.1. The van der Waals surface area contributed by atoms with Gasteiger partial charge in [-0.1, -0.05) is 0 Å². The summed E-state index contributed by atoms with van der Waals surface area (Å²) in [4.78, 5) is 35.6. The number of carbonyl (C=O) groups is 3. The fourth-order valence-electron chi connectivity index (χ4n) is 1.87. The van der Waals surface area contributed by atoms with E-state index in [2.05, 4.69) is 5.32 Å². The topological polar surface area (TPSA) is 86.7 Å². The Bertz CT molecular complexity index is 612. The van der Waals surface area contributed by atoms with Gasteiger partial charge in [0, 0.05) is 11.6 Å². The molecule has 2 amide bonds. The van der Waals surface area contributed by atoms with Crippen molar-refractivity contribution in [2.45, 2.75) is 26.1 Å². The molecule has 0 fully saturated rings. The number of aliphatic carboxylic acids is 1. The quantitative estimate of drug-likeness (QED) is 0.822. The number of hydrogen-bond acceptors (Lipinski definition) is 3. The molecule has 0 atom stereocenters. The number of carboxylic acids is 1. The van der Waals surface area contributed by atoms with E-state index in [0.29, 0.717) is 0 Å². The minimum Gasteiger partial charge on any atom is -0.480 e. The van der Waals surface area contributed by atoms with Crippen LogP contribution < -0.4 is 5.32 Å². The number of benzene rings is 1. The van der Waals surface area contributed by atoms with E-state index in [1.165, 1.54) is 0 Å². The van der Waals surface area contributed by atoms with Crippen molar-refractivity contribution in [1.29, 1.82) is 0 Å². The zero-order valence-corrected chi connectivity index (χ0v) is 13.1. The molecule has 0 unspecified atom stereocenters. The van der Waals surface area contributed by atoms with Crippen molar-refractivity contribution in [3.63, 3.8) is 0 Å². The van der Waals surface area contributed by atoms with Crippen molar-refractivity contribution >= 4 is 17.8 Å². The molecule has 6 nitrogen and oxygen atoms in total. The molecule has 0 aromatic heterocycles. The molecule has 0 aliphatic heterocycles. The Morgan fingerprint density at radius 2 is 1.71 bits per heavy atom. The molecule has 0 aliphatic carbocycles. The molecule has 0 spiro atoms. The Balaban J connectivity index is 2.68. The molecule has 132 valence electrons. The molecule has 1 rings (SSSR count). The second kappa shape index (κ2) is 7.80. The summed E-state index contributed by atoms with van der Waals surface area (Å²) in [5.74, 6) is -2.52. The van der Waals surface area contributed by atoms with Crippen LogP contribution in [0, 0.1) is 0 Å². The predicted molar refractivity (Wildman–Crippen MR) is 78.3 cm³/mol. The highest BCUT2D eigenvalue weighted by Gasteiger charge is 2.30. The summed E-state index contributed by atoms with van der Waals surface area (Å²) in [5.41, 5.74) is -0.923. The van der Waals surface area contributed by atoms with Crippen LogP contribution in [-0.2, 0) is 15.8 Å². The lowest BCUT2D eigenvalue weighted by molar-refractivity contribution is -0.145. The lowest BCUT2D eigenvalue weighted by Gasteiger charge is -2.24. The fourth-order valence-corrected chi connectivity index (χ4v) is 1.87. The Hall–Kier alpha value is -2.58. The van der Waals surface area contributed by atoms with Crippen molar-refractivity contribution in [2.24, 2.45) is 0 Å². The summed E-state index contributed by atoms with van der Waals surface area (Å²) in [6, 6.07) is 3.15. The van der Waals surface area contributed by atoms with Crippen LogP contribution in [0.25, 0.3) is 0 Å². The Morgan fingerprint density at radius 3 is 2.12 bits per heavy atom. The van der Waals surface area contributed by atoms with Gasteiger partial charge in [0.05, 0.1) is 12.1 Å². The van der Waals surface area contributed by atoms with Gasteiger partial charge in [-0.3, -0.25) is 14.4 Å². The molecule has 0 saturated carbocycles. The molecule has 9 heteroatoms. The van der Waals surface area contributed by atoms with Gasteiger partial charge in [-0.25, -0.2) is 0 Å². The van der Waals surface area contributed by atoms with Crippen LogP contribution in [0.3, 0.4) is 0 Å². The van der Waals surface area contributed by atoms with Gasteiger partial charge in [0.1, 0.15) is 6.54 Å². The van der Waals surface area contributed by atoms with Gasteiger partial charge in [-0.15, -0.1) is 0 Å². The molecule has 24 heavy (non-hydrogen) atoms. The van der Waals surface area contributed by atoms with Crippen LogP contribution in [-0.4, -0.2) is 46.9 Å².